The number of nitrogens with one attached hydrogen (secondary N) is 1. The Balaban J connectivity index is 2.76. The van der Waals surface area contributed by atoms with E-state index in [2.05, 4.69) is 5.43 Å². The monoisotopic (exact) mass is 257 g/mol. The molecule has 0 spiro atoms. The Morgan fingerprint density at radius 2 is 2.12 bits per heavy atom. The number of hydrazine groups is 1. The van der Waals surface area contributed by atoms with Crippen molar-refractivity contribution in [2.45, 2.75) is 6.61 Å². The van der Waals surface area contributed by atoms with Gasteiger partial charge in [0.25, 0.3) is 0 Å². The summed E-state index contributed by atoms with van der Waals surface area (Å²) in [5, 5.41) is 9.16. The van der Waals surface area contributed by atoms with Crippen molar-refractivity contribution < 1.29 is 14.6 Å². The lowest BCUT2D eigenvalue weighted by Crippen LogP contribution is -2.29. The number of carboxylic acid groups (broad SMARTS) is 1. The number of carbonyl (C=O) groups is 1. The van der Waals surface area contributed by atoms with Gasteiger partial charge in [-0.25, -0.2) is 10.6 Å². The fraction of sp³-hybridized carbons (Fsp3) is 0.100. The van der Waals surface area contributed by atoms with Gasteiger partial charge in [0.15, 0.2) is 5.70 Å². The average Bonchev–Trinajstić information content (AvgIpc) is 2.31. The van der Waals surface area contributed by atoms with Gasteiger partial charge in [0.1, 0.15) is 6.61 Å². The van der Waals surface area contributed by atoms with Crippen LogP contribution < -0.4 is 17.0 Å². The van der Waals surface area contributed by atoms with Crippen LogP contribution in [0.25, 0.3) is 0 Å². The molecule has 7 heteroatoms. The highest BCUT2D eigenvalue weighted by Crippen LogP contribution is 2.16. The molecule has 0 fully saturated rings. The zero-order valence-electron chi connectivity index (χ0n) is 8.81. The van der Waals surface area contributed by atoms with Crippen LogP contribution in [0.2, 0.25) is 5.02 Å². The predicted molar refractivity (Wildman–Crippen MR) is 62.4 cm³/mol. The van der Waals surface area contributed by atoms with Gasteiger partial charge in [-0.1, -0.05) is 29.8 Å². The second-order valence-corrected chi connectivity index (χ2v) is 3.48. The second-order valence-electron chi connectivity index (χ2n) is 3.07. The second kappa shape index (κ2) is 5.97. The predicted octanol–water partition coefficient (Wildman–Crippen LogP) is 0.532. The number of nitrogens with two attached hydrogens (primary N) is 2. The average molecular weight is 258 g/mol. The van der Waals surface area contributed by atoms with E-state index in [1.165, 1.54) is 0 Å². The van der Waals surface area contributed by atoms with Crippen molar-refractivity contribution >= 4 is 17.6 Å². The molecule has 6 N–H and O–H groups in total. The first-order chi connectivity index (χ1) is 8.06. The molecule has 0 heterocycles. The Labute approximate surface area is 103 Å². The molecule has 1 aromatic rings. The summed E-state index contributed by atoms with van der Waals surface area (Å²) in [6.45, 7) is 0.0627. The Morgan fingerprint density at radius 1 is 1.47 bits per heavy atom. The largest absolute Gasteiger partial charge is 0.476 e. The van der Waals surface area contributed by atoms with Crippen LogP contribution in [0.3, 0.4) is 0 Å². The van der Waals surface area contributed by atoms with E-state index in [1.54, 1.807) is 24.3 Å². The Bertz CT molecular complexity index is 448. The number of hydrogen-bond donors (Lipinski definition) is 4. The molecular formula is C10H12ClN3O3. The van der Waals surface area contributed by atoms with Crippen LogP contribution in [0, 0.1) is 0 Å². The van der Waals surface area contributed by atoms with Crippen LogP contribution >= 0.6 is 11.6 Å². The van der Waals surface area contributed by atoms with E-state index < -0.39 is 11.7 Å². The van der Waals surface area contributed by atoms with Crippen molar-refractivity contribution in [3.05, 3.63) is 46.4 Å². The Hall–Kier alpha value is -1.92. The number of rotatable bonds is 5. The third-order valence-electron chi connectivity index (χ3n) is 1.94. The third kappa shape index (κ3) is 3.54. The number of aliphatic carboxylic acids is 1. The maximum Gasteiger partial charge on any atom is 0.357 e. The van der Waals surface area contributed by atoms with Gasteiger partial charge in [-0.15, -0.1) is 0 Å². The van der Waals surface area contributed by atoms with Crippen molar-refractivity contribution in [1.82, 2.24) is 5.43 Å². The van der Waals surface area contributed by atoms with Gasteiger partial charge >= 0.3 is 5.97 Å². The normalized spacial score (nSPS) is 11.6. The standard InChI is InChI=1S/C10H12ClN3O3/c11-7-4-2-1-3-6(7)5-17-9(14-13)8(12)10(15)16/h1-4,14H,5,12-13H2,(H,15,16)/b9-8+. The van der Waals surface area contributed by atoms with Gasteiger partial charge in [0.05, 0.1) is 0 Å². The van der Waals surface area contributed by atoms with E-state index in [0.717, 1.165) is 0 Å². The lowest BCUT2D eigenvalue weighted by Gasteiger charge is -2.11. The van der Waals surface area contributed by atoms with Crippen LogP contribution in [0.15, 0.2) is 35.8 Å². The maximum atomic E-state index is 10.6. The molecule has 0 aliphatic rings. The first kappa shape index (κ1) is 13.1. The lowest BCUT2D eigenvalue weighted by molar-refractivity contribution is -0.133. The molecule has 0 bridgehead atoms. The quantitative estimate of drug-likeness (QED) is 0.265. The van der Waals surface area contributed by atoms with Gasteiger partial charge in [0, 0.05) is 10.6 Å². The molecule has 0 aliphatic carbocycles. The number of halogens is 1. The lowest BCUT2D eigenvalue weighted by atomic mass is 10.2. The fourth-order valence-electron chi connectivity index (χ4n) is 1.06. The summed E-state index contributed by atoms with van der Waals surface area (Å²) in [5.74, 6) is 3.57. The summed E-state index contributed by atoms with van der Waals surface area (Å²) in [7, 11) is 0. The summed E-state index contributed by atoms with van der Waals surface area (Å²) in [5.41, 5.74) is 7.53. The number of hydrogen-bond acceptors (Lipinski definition) is 5. The highest BCUT2D eigenvalue weighted by atomic mass is 35.5. The molecule has 92 valence electrons. The highest BCUT2D eigenvalue weighted by Gasteiger charge is 2.11. The minimum atomic E-state index is -1.32. The summed E-state index contributed by atoms with van der Waals surface area (Å²) in [6.07, 6.45) is 0. The summed E-state index contributed by atoms with van der Waals surface area (Å²) in [6, 6.07) is 6.99. The highest BCUT2D eigenvalue weighted by molar-refractivity contribution is 6.31. The van der Waals surface area contributed by atoms with Crippen LogP contribution in [0.5, 0.6) is 0 Å². The van der Waals surface area contributed by atoms with E-state index in [1.807, 2.05) is 0 Å². The van der Waals surface area contributed by atoms with Crippen LogP contribution in [-0.4, -0.2) is 11.1 Å². The molecule has 1 rings (SSSR count). The molecule has 0 saturated heterocycles. The molecule has 0 amide bonds. The molecule has 0 aliphatic heterocycles. The summed E-state index contributed by atoms with van der Waals surface area (Å²) in [4.78, 5) is 10.6. The number of ether oxygens (including phenoxy) is 1. The smallest absolute Gasteiger partial charge is 0.357 e. The molecule has 0 atom stereocenters. The van der Waals surface area contributed by atoms with Gasteiger partial charge in [0.2, 0.25) is 5.88 Å². The van der Waals surface area contributed by atoms with E-state index in [-0.39, 0.29) is 12.5 Å². The molecule has 0 radical (unpaired) electrons. The first-order valence-corrected chi connectivity index (χ1v) is 5.00. The Kier molecular flexibility index (Phi) is 4.62. The minimum absolute atomic E-state index is 0.0627. The maximum absolute atomic E-state index is 10.6. The third-order valence-corrected chi connectivity index (χ3v) is 2.30. The Morgan fingerprint density at radius 3 is 2.65 bits per heavy atom. The van der Waals surface area contributed by atoms with E-state index in [9.17, 15) is 4.79 Å². The molecule has 0 unspecified atom stereocenters. The fourth-order valence-corrected chi connectivity index (χ4v) is 1.25. The molecule has 17 heavy (non-hydrogen) atoms. The minimum Gasteiger partial charge on any atom is -0.476 e. The van der Waals surface area contributed by atoms with E-state index in [4.69, 9.17) is 33.0 Å². The van der Waals surface area contributed by atoms with E-state index >= 15 is 0 Å². The van der Waals surface area contributed by atoms with Crippen molar-refractivity contribution in [2.75, 3.05) is 0 Å². The van der Waals surface area contributed by atoms with Crippen molar-refractivity contribution in [2.24, 2.45) is 11.6 Å². The van der Waals surface area contributed by atoms with Crippen LogP contribution in [0.4, 0.5) is 0 Å². The van der Waals surface area contributed by atoms with Crippen molar-refractivity contribution in [3.63, 3.8) is 0 Å². The number of benzene rings is 1. The zero-order chi connectivity index (χ0) is 12.8. The SMILES string of the molecule is NN/C(OCc1ccccc1Cl)=C(\N)C(=O)O. The molecule has 0 aromatic heterocycles. The van der Waals surface area contributed by atoms with Gasteiger partial charge in [-0.05, 0) is 6.07 Å². The molecule has 1 aromatic carbocycles. The molecular weight excluding hydrogens is 246 g/mol. The topological polar surface area (TPSA) is 111 Å². The number of carboxylic acids is 1. The van der Waals surface area contributed by atoms with Gasteiger partial charge in [-0.2, -0.15) is 0 Å². The van der Waals surface area contributed by atoms with Gasteiger partial charge < -0.3 is 15.6 Å². The van der Waals surface area contributed by atoms with Crippen LogP contribution in [-0.2, 0) is 16.1 Å². The van der Waals surface area contributed by atoms with E-state index in [0.29, 0.717) is 10.6 Å². The van der Waals surface area contributed by atoms with Crippen molar-refractivity contribution in [1.29, 1.82) is 0 Å². The van der Waals surface area contributed by atoms with Crippen LogP contribution in [0.1, 0.15) is 5.56 Å². The zero-order valence-corrected chi connectivity index (χ0v) is 9.57. The first-order valence-electron chi connectivity index (χ1n) is 4.62. The summed E-state index contributed by atoms with van der Waals surface area (Å²) < 4.78 is 5.13. The molecule has 0 saturated carbocycles. The molecule has 6 nitrogen and oxygen atoms in total. The van der Waals surface area contributed by atoms with Crippen molar-refractivity contribution in [3.8, 4) is 0 Å². The summed E-state index contributed by atoms with van der Waals surface area (Å²) >= 11 is 5.90. The van der Waals surface area contributed by atoms with Gasteiger partial charge in [-0.3, -0.25) is 5.43 Å².